The van der Waals surface area contributed by atoms with Crippen LogP contribution in [0.15, 0.2) is 36.4 Å². The Labute approximate surface area is 169 Å². The third-order valence-corrected chi connectivity index (χ3v) is 4.71. The van der Waals surface area contributed by atoms with Crippen LogP contribution >= 0.6 is 11.6 Å². The summed E-state index contributed by atoms with van der Waals surface area (Å²) in [5.74, 6) is 0.861. The lowest BCUT2D eigenvalue weighted by Gasteiger charge is -2.13. The van der Waals surface area contributed by atoms with Crippen molar-refractivity contribution in [3.63, 3.8) is 0 Å². The van der Waals surface area contributed by atoms with Gasteiger partial charge in [0.25, 0.3) is 5.91 Å². The van der Waals surface area contributed by atoms with Crippen LogP contribution < -0.4 is 20.1 Å². The summed E-state index contributed by atoms with van der Waals surface area (Å²) in [5.41, 5.74) is 2.28. The number of rotatable bonds is 7. The van der Waals surface area contributed by atoms with Gasteiger partial charge in [0.1, 0.15) is 17.6 Å². The van der Waals surface area contributed by atoms with Crippen molar-refractivity contribution in [1.29, 1.82) is 0 Å². The zero-order valence-corrected chi connectivity index (χ0v) is 16.6. The summed E-state index contributed by atoms with van der Waals surface area (Å²) in [4.78, 5) is 24.3. The van der Waals surface area contributed by atoms with Crippen molar-refractivity contribution in [1.82, 2.24) is 10.6 Å². The minimum absolute atomic E-state index is 0.134. The van der Waals surface area contributed by atoms with Gasteiger partial charge in [-0.15, -0.1) is 0 Å². The second-order valence-corrected chi connectivity index (χ2v) is 6.98. The van der Waals surface area contributed by atoms with Crippen LogP contribution in [-0.2, 0) is 17.8 Å². The third-order valence-electron chi connectivity index (χ3n) is 4.38. The Kier molecular flexibility index (Phi) is 6.41. The van der Waals surface area contributed by atoms with Crippen molar-refractivity contribution in [3.05, 3.63) is 58.1 Å². The molecular formula is C21H23ClN2O4. The molecule has 7 heteroatoms. The van der Waals surface area contributed by atoms with Gasteiger partial charge in [-0.25, -0.2) is 0 Å². The lowest BCUT2D eigenvalue weighted by Crippen LogP contribution is -2.36. The number of carbonyl (C=O) groups excluding carboxylic acids is 2. The van der Waals surface area contributed by atoms with Crippen molar-refractivity contribution in [2.45, 2.75) is 32.9 Å². The molecule has 0 bridgehead atoms. The average Bonchev–Trinajstić information content (AvgIpc) is 3.03. The van der Waals surface area contributed by atoms with E-state index in [9.17, 15) is 9.59 Å². The fourth-order valence-electron chi connectivity index (χ4n) is 3.07. The van der Waals surface area contributed by atoms with E-state index in [2.05, 4.69) is 10.6 Å². The Morgan fingerprint density at radius 3 is 2.79 bits per heavy atom. The maximum absolute atomic E-state index is 12.2. The van der Waals surface area contributed by atoms with Crippen molar-refractivity contribution in [2.24, 2.45) is 0 Å². The first-order chi connectivity index (χ1) is 13.5. The topological polar surface area (TPSA) is 76.7 Å². The molecule has 2 aromatic rings. The van der Waals surface area contributed by atoms with Gasteiger partial charge in [-0.05, 0) is 38.1 Å². The largest absolute Gasteiger partial charge is 0.494 e. The van der Waals surface area contributed by atoms with E-state index in [1.807, 2.05) is 26.0 Å². The Balaban J connectivity index is 1.58. The molecule has 2 aromatic carbocycles. The predicted molar refractivity (Wildman–Crippen MR) is 107 cm³/mol. The molecular weight excluding hydrogens is 380 g/mol. The standard InChI is InChI=1S/C21H23ClN2O4/c1-3-27-18-9-14-8-13(2)28-19(14)10-15(18)11-23-20(25)12-24-21(26)16-6-4-5-7-17(16)22/h4-7,9-10,13H,3,8,11-12H2,1-2H3,(H,23,25)(H,24,26). The molecule has 1 atom stereocenters. The Morgan fingerprint density at radius 1 is 1.25 bits per heavy atom. The molecule has 0 aromatic heterocycles. The van der Waals surface area contributed by atoms with E-state index in [1.165, 1.54) is 0 Å². The zero-order chi connectivity index (χ0) is 20.1. The summed E-state index contributed by atoms with van der Waals surface area (Å²) in [7, 11) is 0. The average molecular weight is 403 g/mol. The van der Waals surface area contributed by atoms with Crippen LogP contribution in [0.4, 0.5) is 0 Å². The molecule has 3 rings (SSSR count). The lowest BCUT2D eigenvalue weighted by atomic mass is 10.1. The number of halogens is 1. The highest BCUT2D eigenvalue weighted by Gasteiger charge is 2.22. The van der Waals surface area contributed by atoms with Gasteiger partial charge < -0.3 is 20.1 Å². The summed E-state index contributed by atoms with van der Waals surface area (Å²) < 4.78 is 11.5. The SMILES string of the molecule is CCOc1cc2c(cc1CNC(=O)CNC(=O)c1ccccc1Cl)OC(C)C2. The van der Waals surface area contributed by atoms with E-state index in [0.717, 1.165) is 29.0 Å². The highest BCUT2D eigenvalue weighted by Crippen LogP contribution is 2.35. The molecule has 0 fully saturated rings. The monoisotopic (exact) mass is 402 g/mol. The summed E-state index contributed by atoms with van der Waals surface area (Å²) in [6.07, 6.45) is 0.977. The maximum Gasteiger partial charge on any atom is 0.253 e. The Hall–Kier alpha value is -2.73. The smallest absolute Gasteiger partial charge is 0.253 e. The first-order valence-corrected chi connectivity index (χ1v) is 9.60. The maximum atomic E-state index is 12.2. The molecule has 148 valence electrons. The molecule has 2 amide bonds. The third kappa shape index (κ3) is 4.75. The van der Waals surface area contributed by atoms with E-state index >= 15 is 0 Å². The van der Waals surface area contributed by atoms with Crippen molar-refractivity contribution in [2.75, 3.05) is 13.2 Å². The number of hydrogen-bond donors (Lipinski definition) is 2. The molecule has 1 heterocycles. The second-order valence-electron chi connectivity index (χ2n) is 6.57. The van der Waals surface area contributed by atoms with Crippen LogP contribution in [0.2, 0.25) is 5.02 Å². The molecule has 0 saturated heterocycles. The van der Waals surface area contributed by atoms with Crippen LogP contribution in [-0.4, -0.2) is 31.1 Å². The molecule has 2 N–H and O–H groups in total. The fraction of sp³-hybridized carbons (Fsp3) is 0.333. The highest BCUT2D eigenvalue weighted by atomic mass is 35.5. The molecule has 0 radical (unpaired) electrons. The van der Waals surface area contributed by atoms with E-state index in [0.29, 0.717) is 17.2 Å². The summed E-state index contributed by atoms with van der Waals surface area (Å²) in [6.45, 7) is 4.60. The van der Waals surface area contributed by atoms with E-state index < -0.39 is 5.91 Å². The molecule has 1 unspecified atom stereocenters. The molecule has 0 saturated carbocycles. The van der Waals surface area contributed by atoms with Gasteiger partial charge in [0, 0.05) is 24.1 Å². The quantitative estimate of drug-likeness (QED) is 0.746. The summed E-state index contributed by atoms with van der Waals surface area (Å²) in [5, 5.41) is 5.71. The first kappa shape index (κ1) is 20.0. The molecule has 1 aliphatic rings. The van der Waals surface area contributed by atoms with Crippen LogP contribution in [0, 0.1) is 0 Å². The Morgan fingerprint density at radius 2 is 2.04 bits per heavy atom. The van der Waals surface area contributed by atoms with E-state index in [4.69, 9.17) is 21.1 Å². The number of benzene rings is 2. The van der Waals surface area contributed by atoms with E-state index in [1.54, 1.807) is 24.3 Å². The lowest BCUT2D eigenvalue weighted by molar-refractivity contribution is -0.120. The number of nitrogens with one attached hydrogen (secondary N) is 2. The van der Waals surface area contributed by atoms with E-state index in [-0.39, 0.29) is 25.1 Å². The van der Waals surface area contributed by atoms with Gasteiger partial charge in [0.15, 0.2) is 0 Å². The van der Waals surface area contributed by atoms with Crippen molar-refractivity contribution < 1.29 is 19.1 Å². The molecule has 0 spiro atoms. The zero-order valence-electron chi connectivity index (χ0n) is 15.9. The normalized spacial score (nSPS) is 14.8. The number of hydrogen-bond acceptors (Lipinski definition) is 4. The van der Waals surface area contributed by atoms with Gasteiger partial charge in [-0.1, -0.05) is 23.7 Å². The Bertz CT molecular complexity index is 885. The summed E-state index contributed by atoms with van der Waals surface area (Å²) >= 11 is 5.99. The minimum atomic E-state index is -0.393. The molecule has 6 nitrogen and oxygen atoms in total. The number of amides is 2. The second kappa shape index (κ2) is 8.97. The van der Waals surface area contributed by atoms with Gasteiger partial charge >= 0.3 is 0 Å². The molecule has 28 heavy (non-hydrogen) atoms. The molecule has 1 aliphatic heterocycles. The van der Waals surface area contributed by atoms with Crippen LogP contribution in [0.1, 0.15) is 35.3 Å². The van der Waals surface area contributed by atoms with Crippen molar-refractivity contribution >= 4 is 23.4 Å². The number of carbonyl (C=O) groups is 2. The van der Waals surface area contributed by atoms with Crippen molar-refractivity contribution in [3.8, 4) is 11.5 Å². The van der Waals surface area contributed by atoms with Crippen LogP contribution in [0.5, 0.6) is 11.5 Å². The van der Waals surface area contributed by atoms with Crippen LogP contribution in [0.3, 0.4) is 0 Å². The number of fused-ring (bicyclic) bond motifs is 1. The predicted octanol–water partition coefficient (Wildman–Crippen LogP) is 3.11. The molecule has 0 aliphatic carbocycles. The van der Waals surface area contributed by atoms with Gasteiger partial charge in [0.05, 0.1) is 23.7 Å². The van der Waals surface area contributed by atoms with Gasteiger partial charge in [0.2, 0.25) is 5.91 Å². The fourth-order valence-corrected chi connectivity index (χ4v) is 3.29. The summed E-state index contributed by atoms with van der Waals surface area (Å²) in [6, 6.07) is 10.6. The first-order valence-electron chi connectivity index (χ1n) is 9.22. The van der Waals surface area contributed by atoms with Crippen LogP contribution in [0.25, 0.3) is 0 Å². The number of ether oxygens (including phenoxy) is 2. The minimum Gasteiger partial charge on any atom is -0.494 e. The highest BCUT2D eigenvalue weighted by molar-refractivity contribution is 6.33. The van der Waals surface area contributed by atoms with Gasteiger partial charge in [-0.2, -0.15) is 0 Å². The van der Waals surface area contributed by atoms with Gasteiger partial charge in [-0.3, -0.25) is 9.59 Å².